The van der Waals surface area contributed by atoms with Crippen molar-refractivity contribution in [1.82, 2.24) is 4.98 Å². The van der Waals surface area contributed by atoms with Gasteiger partial charge in [0.1, 0.15) is 0 Å². The topological polar surface area (TPSA) is 48.1 Å². The van der Waals surface area contributed by atoms with Crippen LogP contribution in [0.25, 0.3) is 0 Å². The molecule has 0 aliphatic heterocycles. The van der Waals surface area contributed by atoms with Crippen LogP contribution in [-0.4, -0.2) is 19.1 Å². The minimum atomic E-state index is -0.00978. The molecule has 3 rings (SSSR count). The summed E-state index contributed by atoms with van der Waals surface area (Å²) < 4.78 is 0. The van der Waals surface area contributed by atoms with E-state index in [1.54, 1.807) is 6.07 Å². The quantitative estimate of drug-likeness (QED) is 0.853. The molecule has 0 saturated carbocycles. The summed E-state index contributed by atoms with van der Waals surface area (Å²) in [5.74, 6) is 0. The van der Waals surface area contributed by atoms with Crippen molar-refractivity contribution in [1.29, 1.82) is 0 Å². The van der Waals surface area contributed by atoms with Gasteiger partial charge >= 0.3 is 0 Å². The molecule has 0 atom stereocenters. The van der Waals surface area contributed by atoms with Crippen molar-refractivity contribution >= 4 is 17.1 Å². The summed E-state index contributed by atoms with van der Waals surface area (Å²) >= 11 is 0. The molecular weight excluding hydrogens is 274 g/mol. The van der Waals surface area contributed by atoms with Crippen molar-refractivity contribution in [2.45, 2.75) is 32.1 Å². The standard InChI is InChI=1S/C18H23N3O/c1-19-15-10-6-7-11-16(15)21(2)17-12-18(22)20-14-9-5-3-4-8-13(14)17/h6-7,10-12,19H,3-5,8-9H2,1-2H3,(H,20,22). The molecule has 1 aromatic carbocycles. The van der Waals surface area contributed by atoms with Crippen molar-refractivity contribution < 1.29 is 0 Å². The number of para-hydroxylation sites is 2. The van der Waals surface area contributed by atoms with Gasteiger partial charge in [-0.15, -0.1) is 0 Å². The number of nitrogens with one attached hydrogen (secondary N) is 2. The molecule has 1 aliphatic rings. The number of rotatable bonds is 3. The minimum Gasteiger partial charge on any atom is -0.386 e. The van der Waals surface area contributed by atoms with E-state index < -0.39 is 0 Å². The van der Waals surface area contributed by atoms with E-state index in [1.165, 1.54) is 18.4 Å². The number of anilines is 3. The van der Waals surface area contributed by atoms with Crippen molar-refractivity contribution in [3.05, 3.63) is 51.9 Å². The van der Waals surface area contributed by atoms with Crippen LogP contribution in [0.5, 0.6) is 0 Å². The fourth-order valence-corrected chi connectivity index (χ4v) is 3.31. The Morgan fingerprint density at radius 3 is 2.68 bits per heavy atom. The first-order valence-corrected chi connectivity index (χ1v) is 7.96. The monoisotopic (exact) mass is 297 g/mol. The Kier molecular flexibility index (Phi) is 4.18. The van der Waals surface area contributed by atoms with Gasteiger partial charge in [-0.05, 0) is 43.4 Å². The molecule has 0 amide bonds. The average Bonchev–Trinajstić information content (AvgIpc) is 2.78. The van der Waals surface area contributed by atoms with Crippen molar-refractivity contribution in [3.8, 4) is 0 Å². The second-order valence-corrected chi connectivity index (χ2v) is 5.86. The molecule has 4 nitrogen and oxygen atoms in total. The molecule has 116 valence electrons. The molecule has 0 fully saturated rings. The van der Waals surface area contributed by atoms with Gasteiger partial charge in [-0.25, -0.2) is 0 Å². The molecule has 4 heteroatoms. The van der Waals surface area contributed by atoms with E-state index >= 15 is 0 Å². The first-order valence-electron chi connectivity index (χ1n) is 7.96. The number of aromatic nitrogens is 1. The summed E-state index contributed by atoms with van der Waals surface area (Å²) in [6, 6.07) is 9.91. The van der Waals surface area contributed by atoms with Crippen LogP contribution in [0.15, 0.2) is 35.1 Å². The zero-order valence-corrected chi connectivity index (χ0v) is 13.3. The Bertz CT molecular complexity index is 721. The minimum absolute atomic E-state index is 0.00978. The van der Waals surface area contributed by atoms with Gasteiger partial charge in [0.15, 0.2) is 0 Å². The van der Waals surface area contributed by atoms with Crippen LogP contribution >= 0.6 is 0 Å². The van der Waals surface area contributed by atoms with E-state index in [2.05, 4.69) is 27.3 Å². The molecule has 0 bridgehead atoms. The van der Waals surface area contributed by atoms with Gasteiger partial charge in [-0.3, -0.25) is 4.79 Å². The predicted octanol–water partition coefficient (Wildman–Crippen LogP) is 3.45. The van der Waals surface area contributed by atoms with E-state index in [9.17, 15) is 4.79 Å². The van der Waals surface area contributed by atoms with Crippen LogP contribution in [0.3, 0.4) is 0 Å². The number of fused-ring (bicyclic) bond motifs is 1. The van der Waals surface area contributed by atoms with E-state index in [0.717, 1.165) is 42.0 Å². The normalized spacial score (nSPS) is 14.1. The van der Waals surface area contributed by atoms with Crippen LogP contribution in [0, 0.1) is 0 Å². The highest BCUT2D eigenvalue weighted by atomic mass is 16.1. The lowest BCUT2D eigenvalue weighted by Crippen LogP contribution is -2.19. The van der Waals surface area contributed by atoms with Crippen LogP contribution in [0.2, 0.25) is 0 Å². The van der Waals surface area contributed by atoms with E-state index in [-0.39, 0.29) is 5.56 Å². The molecule has 22 heavy (non-hydrogen) atoms. The maximum atomic E-state index is 12.1. The third-order valence-electron chi connectivity index (χ3n) is 4.47. The lowest BCUT2D eigenvalue weighted by molar-refractivity contribution is 0.708. The maximum absolute atomic E-state index is 12.1. The molecule has 0 unspecified atom stereocenters. The van der Waals surface area contributed by atoms with Crippen molar-refractivity contribution in [2.24, 2.45) is 0 Å². The molecular formula is C18H23N3O. The van der Waals surface area contributed by atoms with Gasteiger partial charge < -0.3 is 15.2 Å². The second-order valence-electron chi connectivity index (χ2n) is 5.86. The summed E-state index contributed by atoms with van der Waals surface area (Å²) in [7, 11) is 3.96. The number of benzene rings is 1. The van der Waals surface area contributed by atoms with Gasteiger partial charge in [-0.2, -0.15) is 0 Å². The van der Waals surface area contributed by atoms with Crippen LogP contribution < -0.4 is 15.8 Å². The number of hydrogen-bond acceptors (Lipinski definition) is 3. The Labute approximate surface area is 131 Å². The number of hydrogen-bond donors (Lipinski definition) is 2. The summed E-state index contributed by atoms with van der Waals surface area (Å²) in [4.78, 5) is 17.2. The third-order valence-corrected chi connectivity index (χ3v) is 4.47. The lowest BCUT2D eigenvalue weighted by atomic mass is 10.1. The molecule has 1 aliphatic carbocycles. The Balaban J connectivity index is 2.11. The predicted molar refractivity (Wildman–Crippen MR) is 92.4 cm³/mol. The van der Waals surface area contributed by atoms with E-state index in [1.807, 2.05) is 26.2 Å². The van der Waals surface area contributed by atoms with E-state index in [0.29, 0.717) is 0 Å². The first kappa shape index (κ1) is 14.7. The number of nitrogens with zero attached hydrogens (tertiary/aromatic N) is 1. The average molecular weight is 297 g/mol. The van der Waals surface area contributed by atoms with Gasteiger partial charge in [-0.1, -0.05) is 18.6 Å². The smallest absolute Gasteiger partial charge is 0.250 e. The van der Waals surface area contributed by atoms with Crippen LogP contribution in [0.4, 0.5) is 17.1 Å². The van der Waals surface area contributed by atoms with Gasteiger partial charge in [0.2, 0.25) is 5.56 Å². The number of aryl methyl sites for hydroxylation is 1. The molecule has 0 radical (unpaired) electrons. The zero-order chi connectivity index (χ0) is 15.5. The fraction of sp³-hybridized carbons (Fsp3) is 0.389. The molecule has 2 aromatic rings. The Morgan fingerprint density at radius 2 is 1.86 bits per heavy atom. The fourth-order valence-electron chi connectivity index (χ4n) is 3.31. The number of H-pyrrole nitrogens is 1. The molecule has 1 heterocycles. The molecule has 0 spiro atoms. The summed E-state index contributed by atoms with van der Waals surface area (Å²) in [6.07, 6.45) is 5.58. The summed E-state index contributed by atoms with van der Waals surface area (Å²) in [5, 5.41) is 3.23. The van der Waals surface area contributed by atoms with Crippen molar-refractivity contribution in [3.63, 3.8) is 0 Å². The highest BCUT2D eigenvalue weighted by Gasteiger charge is 2.18. The second kappa shape index (κ2) is 6.26. The van der Waals surface area contributed by atoms with Gasteiger partial charge in [0, 0.05) is 25.9 Å². The molecule has 1 aromatic heterocycles. The Hall–Kier alpha value is -2.23. The summed E-state index contributed by atoms with van der Waals surface area (Å²) in [5.41, 5.74) is 5.58. The highest BCUT2D eigenvalue weighted by molar-refractivity contribution is 5.77. The number of pyridine rings is 1. The maximum Gasteiger partial charge on any atom is 0.250 e. The van der Waals surface area contributed by atoms with Crippen LogP contribution in [-0.2, 0) is 12.8 Å². The van der Waals surface area contributed by atoms with E-state index in [4.69, 9.17) is 0 Å². The lowest BCUT2D eigenvalue weighted by Gasteiger charge is -2.25. The first-order chi connectivity index (χ1) is 10.7. The van der Waals surface area contributed by atoms with Crippen LogP contribution in [0.1, 0.15) is 30.5 Å². The highest BCUT2D eigenvalue weighted by Crippen LogP contribution is 2.34. The Morgan fingerprint density at radius 1 is 1.09 bits per heavy atom. The zero-order valence-electron chi connectivity index (χ0n) is 13.3. The molecule has 2 N–H and O–H groups in total. The number of aromatic amines is 1. The van der Waals surface area contributed by atoms with Gasteiger partial charge in [0.25, 0.3) is 0 Å². The third kappa shape index (κ3) is 2.73. The largest absolute Gasteiger partial charge is 0.386 e. The van der Waals surface area contributed by atoms with Crippen molar-refractivity contribution in [2.75, 3.05) is 24.3 Å². The SMILES string of the molecule is CNc1ccccc1N(C)c1cc(=O)[nH]c2c1CCCCC2. The van der Waals surface area contributed by atoms with Gasteiger partial charge in [0.05, 0.1) is 17.1 Å². The summed E-state index contributed by atoms with van der Waals surface area (Å²) in [6.45, 7) is 0. The molecule has 0 saturated heterocycles.